The molecular weight excluding hydrogens is 108 g/mol. The highest BCUT2D eigenvalue weighted by molar-refractivity contribution is 5.10. The summed E-state index contributed by atoms with van der Waals surface area (Å²) in [6.07, 6.45) is 4.79. The van der Waals surface area contributed by atoms with Crippen LogP contribution in [0.5, 0.6) is 0 Å². The van der Waals surface area contributed by atoms with Crippen LogP contribution in [0.2, 0.25) is 0 Å². The van der Waals surface area contributed by atoms with Crippen molar-refractivity contribution in [2.45, 2.75) is 26.2 Å². The smallest absolute Gasteiger partial charge is 0.0326 e. The van der Waals surface area contributed by atoms with Crippen LogP contribution in [0.1, 0.15) is 26.2 Å². The molecule has 0 aromatic heterocycles. The third-order valence-electron chi connectivity index (χ3n) is 3.97. The minimum absolute atomic E-state index is 1.10. The predicted molar refractivity (Wildman–Crippen MR) is 37.0 cm³/mol. The maximum absolute atomic E-state index is 2.46. The number of hydrogen-bond donors (Lipinski definition) is 0. The fraction of sp³-hybridized carbons (Fsp3) is 1.00. The quantitative estimate of drug-likeness (QED) is 0.462. The summed E-state index contributed by atoms with van der Waals surface area (Å²) in [6.45, 7) is 2.46. The van der Waals surface area contributed by atoms with Crippen LogP contribution in [0.4, 0.5) is 0 Å². The van der Waals surface area contributed by atoms with Gasteiger partial charge in [0.05, 0.1) is 0 Å². The van der Waals surface area contributed by atoms with E-state index in [1.165, 1.54) is 23.7 Å². The van der Waals surface area contributed by atoms with Gasteiger partial charge in [0.15, 0.2) is 0 Å². The summed E-state index contributed by atoms with van der Waals surface area (Å²) in [6, 6.07) is 0. The van der Waals surface area contributed by atoms with Crippen LogP contribution in [-0.4, -0.2) is 0 Å². The van der Waals surface area contributed by atoms with E-state index >= 15 is 0 Å². The minimum atomic E-state index is 1.10. The van der Waals surface area contributed by atoms with Crippen LogP contribution in [-0.2, 0) is 0 Å². The van der Waals surface area contributed by atoms with Gasteiger partial charge in [0.25, 0.3) is 0 Å². The van der Waals surface area contributed by atoms with Gasteiger partial charge in [-0.3, -0.25) is 0 Å². The molecule has 0 heterocycles. The van der Waals surface area contributed by atoms with E-state index < -0.39 is 0 Å². The number of fused-ring (bicyclic) bond motifs is 1. The molecule has 0 amide bonds. The molecule has 4 bridgehead atoms. The lowest BCUT2D eigenvalue weighted by Crippen LogP contribution is -2.17. The summed E-state index contributed by atoms with van der Waals surface area (Å²) in [7, 11) is 0. The summed E-state index contributed by atoms with van der Waals surface area (Å²) in [4.78, 5) is 0. The maximum atomic E-state index is 2.46. The second-order valence-corrected chi connectivity index (χ2v) is 4.46. The van der Waals surface area contributed by atoms with E-state index in [4.69, 9.17) is 0 Å². The fourth-order valence-corrected chi connectivity index (χ4v) is 3.72. The molecule has 50 valence electrons. The van der Waals surface area contributed by atoms with E-state index in [0.29, 0.717) is 0 Å². The molecule has 0 heteroatoms. The normalized spacial score (nSPS) is 68.3. The van der Waals surface area contributed by atoms with Crippen molar-refractivity contribution >= 4 is 0 Å². The molecule has 3 unspecified atom stereocenters. The zero-order chi connectivity index (χ0) is 6.01. The third-order valence-corrected chi connectivity index (χ3v) is 3.97. The summed E-state index contributed by atoms with van der Waals surface area (Å²) < 4.78 is 0. The average Bonchev–Trinajstić information content (AvgIpc) is 2.37. The average molecular weight is 122 g/mol. The van der Waals surface area contributed by atoms with E-state index in [1.54, 1.807) is 19.3 Å². The molecule has 9 heavy (non-hydrogen) atoms. The summed E-state index contributed by atoms with van der Waals surface area (Å²) in [5.74, 6) is 5.92. The Bertz CT molecular complexity index is 135. The van der Waals surface area contributed by atoms with E-state index in [0.717, 1.165) is 5.92 Å². The van der Waals surface area contributed by atoms with Crippen molar-refractivity contribution in [3.8, 4) is 0 Å². The van der Waals surface area contributed by atoms with Crippen LogP contribution in [0.15, 0.2) is 0 Å². The fourth-order valence-electron chi connectivity index (χ4n) is 3.72. The van der Waals surface area contributed by atoms with Crippen LogP contribution in [0.3, 0.4) is 0 Å². The van der Waals surface area contributed by atoms with Crippen LogP contribution in [0.25, 0.3) is 0 Å². The predicted octanol–water partition coefficient (Wildman–Crippen LogP) is 2.30. The monoisotopic (exact) mass is 122 g/mol. The summed E-state index contributed by atoms with van der Waals surface area (Å²) in [5.41, 5.74) is 0. The molecule has 4 fully saturated rings. The second kappa shape index (κ2) is 1.21. The van der Waals surface area contributed by atoms with E-state index in [1.807, 2.05) is 0 Å². The Hall–Kier alpha value is 0. The maximum Gasteiger partial charge on any atom is -0.0326 e. The largest absolute Gasteiger partial charge is 0.0622 e. The highest BCUT2D eigenvalue weighted by Gasteiger charge is 2.61. The Kier molecular flexibility index (Phi) is 0.640. The van der Waals surface area contributed by atoms with Gasteiger partial charge in [0, 0.05) is 0 Å². The van der Waals surface area contributed by atoms with Crippen molar-refractivity contribution in [3.63, 3.8) is 0 Å². The molecule has 4 saturated carbocycles. The molecule has 4 aliphatic rings. The summed E-state index contributed by atoms with van der Waals surface area (Å²) >= 11 is 0. The molecule has 4 rings (SSSR count). The molecule has 0 spiro atoms. The molecule has 4 aliphatic carbocycles. The highest BCUT2D eigenvalue weighted by atomic mass is 14.7. The van der Waals surface area contributed by atoms with Crippen LogP contribution >= 0.6 is 0 Å². The molecule has 3 atom stereocenters. The Morgan fingerprint density at radius 2 is 1.67 bits per heavy atom. The zero-order valence-electron chi connectivity index (χ0n) is 6.01. The van der Waals surface area contributed by atoms with Gasteiger partial charge in [-0.2, -0.15) is 0 Å². The molecule has 0 saturated heterocycles. The van der Waals surface area contributed by atoms with E-state index in [2.05, 4.69) is 6.92 Å². The number of hydrogen-bond acceptors (Lipinski definition) is 0. The SMILES string of the molecule is CC1CC2CC3C(C2)C13. The molecule has 0 nitrogen and oxygen atoms in total. The molecular formula is C9H14. The minimum Gasteiger partial charge on any atom is -0.0622 e. The molecule has 0 aromatic carbocycles. The van der Waals surface area contributed by atoms with Gasteiger partial charge in [-0.1, -0.05) is 6.92 Å². The molecule has 0 aromatic rings. The molecule has 0 radical (unpaired) electrons. The van der Waals surface area contributed by atoms with E-state index in [-0.39, 0.29) is 0 Å². The van der Waals surface area contributed by atoms with Gasteiger partial charge in [-0.05, 0) is 48.9 Å². The Balaban J connectivity index is 1.95. The van der Waals surface area contributed by atoms with Crippen molar-refractivity contribution in [2.24, 2.45) is 29.6 Å². The lowest BCUT2D eigenvalue weighted by atomic mass is 9.79. The molecule has 0 aliphatic heterocycles. The van der Waals surface area contributed by atoms with Gasteiger partial charge in [-0.25, -0.2) is 0 Å². The van der Waals surface area contributed by atoms with Gasteiger partial charge < -0.3 is 0 Å². The lowest BCUT2D eigenvalue weighted by molar-refractivity contribution is 0.233. The first-order valence-corrected chi connectivity index (χ1v) is 4.36. The van der Waals surface area contributed by atoms with Gasteiger partial charge in [0.1, 0.15) is 0 Å². The zero-order valence-corrected chi connectivity index (χ0v) is 6.01. The Labute approximate surface area is 56.6 Å². The first kappa shape index (κ1) is 4.76. The van der Waals surface area contributed by atoms with Crippen LogP contribution < -0.4 is 0 Å². The van der Waals surface area contributed by atoms with Crippen molar-refractivity contribution < 1.29 is 0 Å². The second-order valence-electron chi connectivity index (χ2n) is 4.46. The Morgan fingerprint density at radius 3 is 2.00 bits per heavy atom. The highest BCUT2D eigenvalue weighted by Crippen LogP contribution is 2.68. The third kappa shape index (κ3) is 0.426. The Morgan fingerprint density at radius 1 is 1.00 bits per heavy atom. The van der Waals surface area contributed by atoms with Crippen molar-refractivity contribution in [1.29, 1.82) is 0 Å². The molecule has 0 N–H and O–H groups in total. The summed E-state index contributed by atoms with van der Waals surface area (Å²) in [5, 5.41) is 0. The van der Waals surface area contributed by atoms with E-state index in [9.17, 15) is 0 Å². The van der Waals surface area contributed by atoms with Gasteiger partial charge >= 0.3 is 0 Å². The topological polar surface area (TPSA) is 0 Å². The van der Waals surface area contributed by atoms with Crippen molar-refractivity contribution in [1.82, 2.24) is 0 Å². The standard InChI is InChI=1S/C9H14/c1-5-2-6-3-7-8(4-6)9(5)7/h5-9H,2-4H2,1H3. The van der Waals surface area contributed by atoms with Crippen molar-refractivity contribution in [2.75, 3.05) is 0 Å². The number of rotatable bonds is 0. The first-order valence-electron chi connectivity index (χ1n) is 4.36. The van der Waals surface area contributed by atoms with Gasteiger partial charge in [-0.15, -0.1) is 0 Å². The van der Waals surface area contributed by atoms with Crippen molar-refractivity contribution in [3.05, 3.63) is 0 Å². The van der Waals surface area contributed by atoms with Crippen LogP contribution in [0, 0.1) is 29.6 Å². The lowest BCUT2D eigenvalue weighted by Gasteiger charge is -2.27. The first-order chi connectivity index (χ1) is 4.36. The van der Waals surface area contributed by atoms with Gasteiger partial charge in [0.2, 0.25) is 0 Å².